The third kappa shape index (κ3) is 3.07. The van der Waals surface area contributed by atoms with Crippen molar-refractivity contribution in [3.05, 3.63) is 18.1 Å². The summed E-state index contributed by atoms with van der Waals surface area (Å²) in [5, 5.41) is 0. The number of anilines is 1. The van der Waals surface area contributed by atoms with Gasteiger partial charge in [0.1, 0.15) is 11.5 Å². The SMILES string of the molecule is CN1CC2CCCC(CC1=O)N2C(=O)c1cncc(N2CCCC2)n1. The van der Waals surface area contributed by atoms with Gasteiger partial charge in [0, 0.05) is 45.2 Å². The summed E-state index contributed by atoms with van der Waals surface area (Å²) in [6.07, 6.45) is 8.93. The number of hydrogen-bond donors (Lipinski definition) is 0. The van der Waals surface area contributed by atoms with Gasteiger partial charge in [-0.05, 0) is 32.1 Å². The average Bonchev–Trinajstić information content (AvgIpc) is 3.14. The fraction of sp³-hybridized carbons (Fsp3) is 0.667. The molecule has 2 amide bonds. The Morgan fingerprint density at radius 1 is 1.12 bits per heavy atom. The molecule has 0 N–H and O–H groups in total. The fourth-order valence-corrected chi connectivity index (χ4v) is 4.34. The van der Waals surface area contributed by atoms with Gasteiger partial charge in [0.25, 0.3) is 5.91 Å². The van der Waals surface area contributed by atoms with Gasteiger partial charge < -0.3 is 14.7 Å². The molecule has 3 aliphatic rings. The summed E-state index contributed by atoms with van der Waals surface area (Å²) in [5.74, 6) is 0.840. The normalized spacial score (nSPS) is 26.8. The Hall–Kier alpha value is -2.18. The second-order valence-corrected chi connectivity index (χ2v) is 7.39. The van der Waals surface area contributed by atoms with E-state index in [-0.39, 0.29) is 23.9 Å². The van der Waals surface area contributed by atoms with Crippen molar-refractivity contribution < 1.29 is 9.59 Å². The van der Waals surface area contributed by atoms with Crippen molar-refractivity contribution in [2.24, 2.45) is 0 Å². The van der Waals surface area contributed by atoms with Crippen molar-refractivity contribution in [1.82, 2.24) is 19.8 Å². The number of carbonyl (C=O) groups excluding carboxylic acids is 2. The van der Waals surface area contributed by atoms with Gasteiger partial charge in [0.15, 0.2) is 0 Å². The predicted molar refractivity (Wildman–Crippen MR) is 93.3 cm³/mol. The second-order valence-electron chi connectivity index (χ2n) is 7.39. The summed E-state index contributed by atoms with van der Waals surface area (Å²) in [5.41, 5.74) is 0.401. The highest BCUT2D eigenvalue weighted by atomic mass is 16.2. The highest BCUT2D eigenvalue weighted by Crippen LogP contribution is 2.30. The van der Waals surface area contributed by atoms with Crippen molar-refractivity contribution in [2.45, 2.75) is 50.6 Å². The van der Waals surface area contributed by atoms with E-state index >= 15 is 0 Å². The maximum Gasteiger partial charge on any atom is 0.274 e. The van der Waals surface area contributed by atoms with Crippen LogP contribution in [0.5, 0.6) is 0 Å². The minimum atomic E-state index is -0.0775. The third-order valence-corrected chi connectivity index (χ3v) is 5.69. The molecular weight excluding hydrogens is 318 g/mol. The number of piperidine rings is 1. The maximum absolute atomic E-state index is 13.2. The van der Waals surface area contributed by atoms with Gasteiger partial charge in [-0.15, -0.1) is 0 Å². The van der Waals surface area contributed by atoms with Gasteiger partial charge in [-0.1, -0.05) is 0 Å². The Bertz CT molecular complexity index is 673. The molecule has 7 nitrogen and oxygen atoms in total. The lowest BCUT2D eigenvalue weighted by Gasteiger charge is -2.40. The van der Waals surface area contributed by atoms with E-state index in [0.717, 1.165) is 51.0 Å². The van der Waals surface area contributed by atoms with E-state index in [1.54, 1.807) is 17.3 Å². The van der Waals surface area contributed by atoms with Crippen LogP contribution in [0.4, 0.5) is 5.82 Å². The fourth-order valence-electron chi connectivity index (χ4n) is 4.34. The van der Waals surface area contributed by atoms with Gasteiger partial charge in [0.05, 0.1) is 12.4 Å². The molecule has 0 spiro atoms. The van der Waals surface area contributed by atoms with E-state index < -0.39 is 0 Å². The molecule has 2 unspecified atom stereocenters. The molecule has 3 aliphatic heterocycles. The smallest absolute Gasteiger partial charge is 0.274 e. The first-order valence-electron chi connectivity index (χ1n) is 9.27. The van der Waals surface area contributed by atoms with Gasteiger partial charge >= 0.3 is 0 Å². The molecule has 3 fully saturated rings. The summed E-state index contributed by atoms with van der Waals surface area (Å²) < 4.78 is 0. The largest absolute Gasteiger partial charge is 0.355 e. The van der Waals surface area contributed by atoms with Crippen molar-refractivity contribution in [1.29, 1.82) is 0 Å². The lowest BCUT2D eigenvalue weighted by molar-refractivity contribution is -0.129. The zero-order chi connectivity index (χ0) is 17.4. The van der Waals surface area contributed by atoms with Gasteiger partial charge in [-0.3, -0.25) is 14.6 Å². The molecule has 4 rings (SSSR count). The number of fused-ring (bicyclic) bond motifs is 2. The average molecular weight is 343 g/mol. The minimum Gasteiger partial charge on any atom is -0.355 e. The van der Waals surface area contributed by atoms with Gasteiger partial charge in [-0.25, -0.2) is 4.98 Å². The van der Waals surface area contributed by atoms with E-state index in [1.807, 2.05) is 11.9 Å². The molecule has 0 saturated carbocycles. The van der Waals surface area contributed by atoms with E-state index in [2.05, 4.69) is 14.9 Å². The Morgan fingerprint density at radius 3 is 2.68 bits per heavy atom. The van der Waals surface area contributed by atoms with Crippen LogP contribution in [0.15, 0.2) is 12.4 Å². The molecule has 4 heterocycles. The molecule has 3 saturated heterocycles. The zero-order valence-corrected chi connectivity index (χ0v) is 14.7. The van der Waals surface area contributed by atoms with E-state index in [9.17, 15) is 9.59 Å². The third-order valence-electron chi connectivity index (χ3n) is 5.69. The first-order chi connectivity index (χ1) is 12.1. The lowest BCUT2D eigenvalue weighted by Crippen LogP contribution is -2.51. The first kappa shape index (κ1) is 16.3. The summed E-state index contributed by atoms with van der Waals surface area (Å²) >= 11 is 0. The number of carbonyl (C=O) groups is 2. The molecule has 2 atom stereocenters. The number of amides is 2. The Labute approximate surface area is 148 Å². The molecule has 0 radical (unpaired) electrons. The molecule has 25 heavy (non-hydrogen) atoms. The van der Waals surface area contributed by atoms with Crippen LogP contribution in [-0.4, -0.2) is 70.3 Å². The number of aromatic nitrogens is 2. The number of rotatable bonds is 2. The monoisotopic (exact) mass is 343 g/mol. The Morgan fingerprint density at radius 2 is 1.88 bits per heavy atom. The number of likely N-dealkylation sites (N-methyl/N-ethyl adjacent to an activating group) is 1. The van der Waals surface area contributed by atoms with E-state index in [1.165, 1.54) is 0 Å². The van der Waals surface area contributed by atoms with E-state index in [4.69, 9.17) is 0 Å². The summed E-state index contributed by atoms with van der Waals surface area (Å²) in [6, 6.07) is 0.0703. The highest BCUT2D eigenvalue weighted by Gasteiger charge is 2.40. The zero-order valence-electron chi connectivity index (χ0n) is 14.7. The van der Waals surface area contributed by atoms with Crippen LogP contribution in [-0.2, 0) is 4.79 Å². The van der Waals surface area contributed by atoms with Crippen LogP contribution in [0, 0.1) is 0 Å². The predicted octanol–water partition coefficient (Wildman–Crippen LogP) is 1.30. The van der Waals surface area contributed by atoms with Crippen LogP contribution in [0.3, 0.4) is 0 Å². The maximum atomic E-state index is 13.2. The first-order valence-corrected chi connectivity index (χ1v) is 9.27. The van der Waals surface area contributed by atoms with Crippen LogP contribution in [0.1, 0.15) is 49.0 Å². The quantitative estimate of drug-likeness (QED) is 0.810. The second kappa shape index (κ2) is 6.61. The van der Waals surface area contributed by atoms with Crippen LogP contribution < -0.4 is 4.90 Å². The lowest BCUT2D eigenvalue weighted by atomic mass is 9.94. The minimum absolute atomic E-state index is 0.0130. The van der Waals surface area contributed by atoms with Gasteiger partial charge in [-0.2, -0.15) is 0 Å². The van der Waals surface area contributed by atoms with Crippen LogP contribution in [0.25, 0.3) is 0 Å². The van der Waals surface area contributed by atoms with Crippen molar-refractivity contribution in [3.63, 3.8) is 0 Å². The standard InChI is InChI=1S/C18H25N5O2/c1-21-12-14-6-4-5-13(9-17(21)24)23(14)18(25)15-10-19-11-16(20-15)22-7-2-3-8-22/h10-11,13-14H,2-9,12H2,1H3. The number of hydrogen-bond acceptors (Lipinski definition) is 5. The highest BCUT2D eigenvalue weighted by molar-refractivity contribution is 5.93. The molecule has 1 aromatic rings. The summed E-state index contributed by atoms with van der Waals surface area (Å²) in [7, 11) is 1.83. The molecular formula is C18H25N5O2. The topological polar surface area (TPSA) is 69.6 Å². The Balaban J connectivity index is 1.61. The van der Waals surface area contributed by atoms with Crippen molar-refractivity contribution in [2.75, 3.05) is 31.6 Å². The molecule has 2 bridgehead atoms. The van der Waals surface area contributed by atoms with Crippen molar-refractivity contribution in [3.8, 4) is 0 Å². The van der Waals surface area contributed by atoms with Crippen molar-refractivity contribution >= 4 is 17.6 Å². The van der Waals surface area contributed by atoms with Crippen LogP contribution in [0.2, 0.25) is 0 Å². The number of nitrogens with zero attached hydrogens (tertiary/aromatic N) is 5. The molecule has 0 aliphatic carbocycles. The van der Waals surface area contributed by atoms with E-state index in [0.29, 0.717) is 18.7 Å². The summed E-state index contributed by atoms with van der Waals surface area (Å²) in [6.45, 7) is 2.56. The molecule has 0 aromatic carbocycles. The molecule has 1 aromatic heterocycles. The van der Waals surface area contributed by atoms with Crippen LogP contribution >= 0.6 is 0 Å². The molecule has 134 valence electrons. The Kier molecular flexibility index (Phi) is 4.31. The summed E-state index contributed by atoms with van der Waals surface area (Å²) in [4.78, 5) is 40.2. The van der Waals surface area contributed by atoms with Gasteiger partial charge in [0.2, 0.25) is 5.91 Å². The molecule has 7 heteroatoms.